The van der Waals surface area contributed by atoms with Gasteiger partial charge in [-0.1, -0.05) is 12.8 Å². The van der Waals surface area contributed by atoms with Crippen molar-refractivity contribution in [2.24, 2.45) is 5.92 Å². The lowest BCUT2D eigenvalue weighted by Crippen LogP contribution is -2.24. The molecule has 1 saturated carbocycles. The van der Waals surface area contributed by atoms with Crippen LogP contribution in [0.15, 0.2) is 12.3 Å². The molecule has 0 bridgehead atoms. The molecule has 0 saturated heterocycles. The summed E-state index contributed by atoms with van der Waals surface area (Å²) in [5.74, 6) is 1.41. The lowest BCUT2D eigenvalue weighted by Gasteiger charge is -2.20. The van der Waals surface area contributed by atoms with Crippen LogP contribution in [0.1, 0.15) is 77.2 Å². The van der Waals surface area contributed by atoms with E-state index < -0.39 is 5.60 Å². The van der Waals surface area contributed by atoms with Crippen molar-refractivity contribution in [1.29, 1.82) is 0 Å². The summed E-state index contributed by atoms with van der Waals surface area (Å²) in [5, 5.41) is 0. The lowest BCUT2D eigenvalue weighted by atomic mass is 9.91. The highest BCUT2D eigenvalue weighted by atomic mass is 16.6. The SMILES string of the molecule is CC(C)(C)OC(=O)CCC1CCCC(c2cnc(N)c(N)c2)CC1. The molecule has 2 atom stereocenters. The van der Waals surface area contributed by atoms with E-state index in [-0.39, 0.29) is 5.97 Å². The number of rotatable bonds is 4. The Bertz CT molecular complexity index is 566. The maximum Gasteiger partial charge on any atom is 0.306 e. The molecule has 0 aliphatic heterocycles. The quantitative estimate of drug-likeness (QED) is 0.641. The van der Waals surface area contributed by atoms with E-state index in [1.165, 1.54) is 18.4 Å². The number of carbonyl (C=O) groups is 1. The molecular formula is C19H31N3O2. The normalized spacial score (nSPS) is 22.0. The standard InChI is InChI=1S/C19H31N3O2/c1-19(2,3)24-17(23)10-8-13-5-4-6-14(9-7-13)15-11-16(20)18(21)22-12-15/h11-14H,4-10,20H2,1-3H3,(H2,21,22). The van der Waals surface area contributed by atoms with Crippen LogP contribution in [0.5, 0.6) is 0 Å². The van der Waals surface area contributed by atoms with E-state index in [1.54, 1.807) is 0 Å². The van der Waals surface area contributed by atoms with Crippen LogP contribution in [0.3, 0.4) is 0 Å². The molecule has 1 heterocycles. The smallest absolute Gasteiger partial charge is 0.306 e. The van der Waals surface area contributed by atoms with E-state index in [2.05, 4.69) is 4.98 Å². The van der Waals surface area contributed by atoms with Gasteiger partial charge in [0.2, 0.25) is 0 Å². The Kier molecular flexibility index (Phi) is 6.08. The van der Waals surface area contributed by atoms with Gasteiger partial charge in [-0.15, -0.1) is 0 Å². The van der Waals surface area contributed by atoms with Gasteiger partial charge in [0, 0.05) is 12.6 Å². The summed E-state index contributed by atoms with van der Waals surface area (Å²) in [4.78, 5) is 16.1. The maximum atomic E-state index is 11.9. The first kappa shape index (κ1) is 18.6. The van der Waals surface area contributed by atoms with E-state index in [4.69, 9.17) is 16.2 Å². The molecule has 1 aromatic heterocycles. The Morgan fingerprint density at radius 3 is 2.67 bits per heavy atom. The van der Waals surface area contributed by atoms with Gasteiger partial charge in [0.05, 0.1) is 5.69 Å². The monoisotopic (exact) mass is 333 g/mol. The molecule has 0 spiro atoms. The zero-order valence-corrected chi connectivity index (χ0v) is 15.2. The van der Waals surface area contributed by atoms with Crippen LogP contribution >= 0.6 is 0 Å². The molecule has 1 fully saturated rings. The summed E-state index contributed by atoms with van der Waals surface area (Å²) in [7, 11) is 0. The molecule has 2 unspecified atom stereocenters. The van der Waals surface area contributed by atoms with Crippen molar-refractivity contribution in [3.05, 3.63) is 17.8 Å². The van der Waals surface area contributed by atoms with Gasteiger partial charge < -0.3 is 16.2 Å². The number of hydrogen-bond donors (Lipinski definition) is 2. The second-order valence-electron chi connectivity index (χ2n) is 7.94. The number of ether oxygens (including phenoxy) is 1. The molecule has 1 aliphatic carbocycles. The Labute approximate surface area is 145 Å². The zero-order chi connectivity index (χ0) is 17.7. The molecule has 5 nitrogen and oxygen atoms in total. The number of carbonyl (C=O) groups excluding carboxylic acids is 1. The van der Waals surface area contributed by atoms with Crippen LogP contribution in [-0.2, 0) is 9.53 Å². The average Bonchev–Trinajstić information content (AvgIpc) is 2.72. The van der Waals surface area contributed by atoms with Gasteiger partial charge >= 0.3 is 5.97 Å². The number of nitrogens with two attached hydrogens (primary N) is 2. The summed E-state index contributed by atoms with van der Waals surface area (Å²) < 4.78 is 5.40. The first-order valence-electron chi connectivity index (χ1n) is 8.97. The van der Waals surface area contributed by atoms with Gasteiger partial charge in [0.15, 0.2) is 0 Å². The van der Waals surface area contributed by atoms with Crippen LogP contribution in [-0.4, -0.2) is 16.6 Å². The first-order chi connectivity index (χ1) is 11.2. The van der Waals surface area contributed by atoms with Crippen LogP contribution in [0.4, 0.5) is 11.5 Å². The van der Waals surface area contributed by atoms with Crippen molar-refractivity contribution in [3.63, 3.8) is 0 Å². The lowest BCUT2D eigenvalue weighted by molar-refractivity contribution is -0.155. The fraction of sp³-hybridized carbons (Fsp3) is 0.684. The minimum atomic E-state index is -0.395. The minimum Gasteiger partial charge on any atom is -0.460 e. The van der Waals surface area contributed by atoms with E-state index in [0.29, 0.717) is 29.8 Å². The second-order valence-corrected chi connectivity index (χ2v) is 7.94. The topological polar surface area (TPSA) is 91.2 Å². The molecule has 0 aromatic carbocycles. The van der Waals surface area contributed by atoms with E-state index >= 15 is 0 Å². The molecule has 5 heteroatoms. The van der Waals surface area contributed by atoms with E-state index in [9.17, 15) is 4.79 Å². The van der Waals surface area contributed by atoms with Crippen molar-refractivity contribution in [3.8, 4) is 0 Å². The number of aromatic nitrogens is 1. The number of hydrogen-bond acceptors (Lipinski definition) is 5. The van der Waals surface area contributed by atoms with Gasteiger partial charge in [-0.25, -0.2) is 4.98 Å². The number of nitrogens with zero attached hydrogens (tertiary/aromatic N) is 1. The minimum absolute atomic E-state index is 0.0844. The predicted molar refractivity (Wildman–Crippen MR) is 97.5 cm³/mol. The fourth-order valence-corrected chi connectivity index (χ4v) is 3.45. The molecule has 1 aromatic rings. The van der Waals surface area contributed by atoms with Gasteiger partial charge in [-0.05, 0) is 69.9 Å². The largest absolute Gasteiger partial charge is 0.460 e. The summed E-state index contributed by atoms with van der Waals surface area (Å²) in [6.45, 7) is 5.73. The van der Waals surface area contributed by atoms with Gasteiger partial charge in [0.25, 0.3) is 0 Å². The molecular weight excluding hydrogens is 302 g/mol. The predicted octanol–water partition coefficient (Wildman–Crippen LogP) is 4.03. The molecule has 2 rings (SSSR count). The van der Waals surface area contributed by atoms with E-state index in [0.717, 1.165) is 25.7 Å². The number of nitrogen functional groups attached to an aromatic ring is 2. The third kappa shape index (κ3) is 5.69. The average molecular weight is 333 g/mol. The third-order valence-electron chi connectivity index (χ3n) is 4.71. The molecule has 24 heavy (non-hydrogen) atoms. The van der Waals surface area contributed by atoms with Crippen LogP contribution in [0.2, 0.25) is 0 Å². The second kappa shape index (κ2) is 7.86. The molecule has 0 amide bonds. The number of esters is 1. The fourth-order valence-electron chi connectivity index (χ4n) is 3.45. The highest BCUT2D eigenvalue weighted by molar-refractivity contribution is 5.69. The molecule has 134 valence electrons. The Hall–Kier alpha value is -1.78. The summed E-state index contributed by atoms with van der Waals surface area (Å²) >= 11 is 0. The third-order valence-corrected chi connectivity index (χ3v) is 4.71. The highest BCUT2D eigenvalue weighted by Gasteiger charge is 2.23. The van der Waals surface area contributed by atoms with Crippen LogP contribution in [0.25, 0.3) is 0 Å². The first-order valence-corrected chi connectivity index (χ1v) is 8.97. The van der Waals surface area contributed by atoms with Gasteiger partial charge in [0.1, 0.15) is 11.4 Å². The Morgan fingerprint density at radius 2 is 2.00 bits per heavy atom. The summed E-state index contributed by atoms with van der Waals surface area (Å²) in [5.41, 5.74) is 13.0. The van der Waals surface area contributed by atoms with Crippen molar-refractivity contribution in [2.75, 3.05) is 11.5 Å². The van der Waals surface area contributed by atoms with Crippen molar-refractivity contribution in [2.45, 2.75) is 77.2 Å². The Morgan fingerprint density at radius 1 is 1.25 bits per heavy atom. The Balaban J connectivity index is 1.84. The van der Waals surface area contributed by atoms with Gasteiger partial charge in [-0.2, -0.15) is 0 Å². The van der Waals surface area contributed by atoms with Gasteiger partial charge in [-0.3, -0.25) is 4.79 Å². The number of anilines is 2. The summed E-state index contributed by atoms with van der Waals surface area (Å²) in [6.07, 6.45) is 9.05. The van der Waals surface area contributed by atoms with Crippen molar-refractivity contribution >= 4 is 17.5 Å². The zero-order valence-electron chi connectivity index (χ0n) is 15.2. The van der Waals surface area contributed by atoms with E-state index in [1.807, 2.05) is 33.0 Å². The molecule has 0 radical (unpaired) electrons. The maximum absolute atomic E-state index is 11.9. The molecule has 4 N–H and O–H groups in total. The van der Waals surface area contributed by atoms with Crippen molar-refractivity contribution < 1.29 is 9.53 Å². The van der Waals surface area contributed by atoms with Crippen LogP contribution < -0.4 is 11.5 Å². The molecule has 1 aliphatic rings. The van der Waals surface area contributed by atoms with Crippen molar-refractivity contribution in [1.82, 2.24) is 4.98 Å². The highest BCUT2D eigenvalue weighted by Crippen LogP contribution is 2.36. The number of pyridine rings is 1. The summed E-state index contributed by atoms with van der Waals surface area (Å²) in [6, 6.07) is 1.97. The van der Waals surface area contributed by atoms with Crippen LogP contribution in [0, 0.1) is 5.92 Å².